The second kappa shape index (κ2) is 7.44. The molecule has 138 valence electrons. The highest BCUT2D eigenvalue weighted by Crippen LogP contribution is 2.28. The minimum atomic E-state index is -0.549. The van der Waals surface area contributed by atoms with Crippen LogP contribution in [0.3, 0.4) is 0 Å². The predicted molar refractivity (Wildman–Crippen MR) is 101 cm³/mol. The van der Waals surface area contributed by atoms with E-state index in [1.807, 2.05) is 0 Å². The van der Waals surface area contributed by atoms with Crippen LogP contribution in [0.25, 0.3) is 11.0 Å². The summed E-state index contributed by atoms with van der Waals surface area (Å²) < 4.78 is 19.7. The van der Waals surface area contributed by atoms with Crippen LogP contribution < -0.4 is 5.56 Å². The first-order valence-electron chi connectivity index (χ1n) is 8.74. The summed E-state index contributed by atoms with van der Waals surface area (Å²) in [6.07, 6.45) is 6.92. The minimum absolute atomic E-state index is 0.0686. The number of hydrogen-bond acceptors (Lipinski definition) is 5. The van der Waals surface area contributed by atoms with E-state index in [2.05, 4.69) is 4.98 Å². The number of rotatable bonds is 4. The summed E-state index contributed by atoms with van der Waals surface area (Å²) in [6, 6.07) is 7.18. The Bertz CT molecular complexity index is 1080. The molecule has 0 N–H and O–H groups in total. The van der Waals surface area contributed by atoms with Crippen molar-refractivity contribution in [1.82, 2.24) is 9.38 Å². The van der Waals surface area contributed by atoms with Gasteiger partial charge in [0, 0.05) is 22.7 Å². The van der Waals surface area contributed by atoms with Crippen molar-refractivity contribution in [2.24, 2.45) is 0 Å². The molecular formula is C20H17FN2O3S. The maximum absolute atomic E-state index is 12.9. The highest BCUT2D eigenvalue weighted by atomic mass is 32.1. The van der Waals surface area contributed by atoms with Crippen LogP contribution in [0.2, 0.25) is 0 Å². The number of aromatic nitrogens is 2. The Morgan fingerprint density at radius 1 is 1.26 bits per heavy atom. The molecule has 1 aliphatic carbocycles. The molecule has 0 radical (unpaired) electrons. The fourth-order valence-corrected chi connectivity index (χ4v) is 4.38. The van der Waals surface area contributed by atoms with Gasteiger partial charge in [-0.05, 0) is 49.5 Å². The molecule has 1 aromatic carbocycles. The Labute approximate surface area is 158 Å². The lowest BCUT2D eigenvalue weighted by Gasteiger charge is -2.10. The molecule has 0 saturated heterocycles. The molecule has 7 heteroatoms. The number of ether oxygens (including phenoxy) is 1. The van der Waals surface area contributed by atoms with E-state index < -0.39 is 5.97 Å². The Morgan fingerprint density at radius 2 is 2.04 bits per heavy atom. The molecule has 0 atom stereocenters. The van der Waals surface area contributed by atoms with Gasteiger partial charge in [-0.3, -0.25) is 9.20 Å². The Kier molecular flexibility index (Phi) is 4.85. The van der Waals surface area contributed by atoms with E-state index in [1.54, 1.807) is 22.6 Å². The van der Waals surface area contributed by atoms with Crippen LogP contribution in [0.1, 0.15) is 34.7 Å². The van der Waals surface area contributed by atoms with Crippen LogP contribution >= 0.6 is 11.3 Å². The first-order chi connectivity index (χ1) is 13.1. The molecule has 3 aromatic rings. The smallest absolute Gasteiger partial charge is 0.331 e. The third-order valence-corrected chi connectivity index (χ3v) is 5.60. The molecule has 1 aliphatic rings. The van der Waals surface area contributed by atoms with Gasteiger partial charge in [-0.25, -0.2) is 14.2 Å². The lowest BCUT2D eigenvalue weighted by Crippen LogP contribution is -2.18. The summed E-state index contributed by atoms with van der Waals surface area (Å²) in [5, 5.41) is 0. The van der Waals surface area contributed by atoms with Gasteiger partial charge >= 0.3 is 5.97 Å². The lowest BCUT2D eigenvalue weighted by molar-refractivity contribution is -0.139. The fourth-order valence-electron chi connectivity index (χ4n) is 3.15. The number of hydrogen-bond donors (Lipinski definition) is 0. The standard InChI is InChI=1S/C20H17FN2O3S/c21-14-8-5-13(6-9-14)7-10-19(25)26-12-15-11-18(24)23-16-3-1-2-4-17(16)27-20(23)22-15/h5-11H,1-4,12H2/b10-7+. The summed E-state index contributed by atoms with van der Waals surface area (Å²) in [5.41, 5.74) is 2.06. The van der Waals surface area contributed by atoms with Gasteiger partial charge in [-0.1, -0.05) is 12.1 Å². The fraction of sp³-hybridized carbons (Fsp3) is 0.250. The van der Waals surface area contributed by atoms with Crippen molar-refractivity contribution >= 4 is 28.3 Å². The summed E-state index contributed by atoms with van der Waals surface area (Å²) in [6.45, 7) is -0.0686. The average molecular weight is 384 g/mol. The largest absolute Gasteiger partial charge is 0.456 e. The zero-order valence-electron chi connectivity index (χ0n) is 14.5. The number of carbonyl (C=O) groups is 1. The number of esters is 1. The van der Waals surface area contributed by atoms with Gasteiger partial charge in [0.2, 0.25) is 0 Å². The Balaban J connectivity index is 1.46. The summed E-state index contributed by atoms with van der Waals surface area (Å²) in [4.78, 5) is 30.7. The molecule has 0 spiro atoms. The molecule has 2 aromatic heterocycles. The first kappa shape index (κ1) is 17.6. The maximum Gasteiger partial charge on any atom is 0.331 e. The molecule has 0 saturated carbocycles. The Morgan fingerprint density at radius 3 is 2.85 bits per heavy atom. The highest BCUT2D eigenvalue weighted by Gasteiger charge is 2.18. The number of carbonyl (C=O) groups excluding carboxylic acids is 1. The SMILES string of the molecule is O=C(/C=C/c1ccc(F)cc1)OCc1cc(=O)n2c3c(sc2n1)CCCC3. The van der Waals surface area contributed by atoms with E-state index in [-0.39, 0.29) is 18.0 Å². The molecule has 5 nitrogen and oxygen atoms in total. The number of benzene rings is 1. The van der Waals surface area contributed by atoms with Crippen molar-refractivity contribution in [3.05, 3.63) is 74.4 Å². The molecule has 4 rings (SSSR count). The van der Waals surface area contributed by atoms with Crippen LogP contribution in [0, 0.1) is 5.82 Å². The average Bonchev–Trinajstić information content (AvgIpc) is 3.05. The summed E-state index contributed by atoms with van der Waals surface area (Å²) in [5.74, 6) is -0.885. The van der Waals surface area contributed by atoms with Gasteiger partial charge in [0.15, 0.2) is 4.96 Å². The van der Waals surface area contributed by atoms with Crippen LogP contribution in [-0.2, 0) is 29.0 Å². The minimum Gasteiger partial charge on any atom is -0.456 e. The number of aryl methyl sites for hydroxylation is 2. The molecule has 0 unspecified atom stereocenters. The van der Waals surface area contributed by atoms with Crippen molar-refractivity contribution in [3.63, 3.8) is 0 Å². The molecule has 0 bridgehead atoms. The van der Waals surface area contributed by atoms with E-state index in [0.29, 0.717) is 16.2 Å². The van der Waals surface area contributed by atoms with Gasteiger partial charge < -0.3 is 4.74 Å². The number of thiazole rings is 1. The van der Waals surface area contributed by atoms with Crippen molar-refractivity contribution < 1.29 is 13.9 Å². The normalized spacial score (nSPS) is 13.8. The number of nitrogens with zero attached hydrogens (tertiary/aromatic N) is 2. The van der Waals surface area contributed by atoms with Crippen LogP contribution in [0.5, 0.6) is 0 Å². The number of halogens is 1. The van der Waals surface area contributed by atoms with Crippen LogP contribution in [0.4, 0.5) is 4.39 Å². The van der Waals surface area contributed by atoms with Crippen molar-refractivity contribution in [2.45, 2.75) is 32.3 Å². The van der Waals surface area contributed by atoms with Crippen molar-refractivity contribution in [2.75, 3.05) is 0 Å². The van der Waals surface area contributed by atoms with Gasteiger partial charge in [0.25, 0.3) is 5.56 Å². The first-order valence-corrected chi connectivity index (χ1v) is 9.55. The summed E-state index contributed by atoms with van der Waals surface area (Å²) >= 11 is 1.54. The highest BCUT2D eigenvalue weighted by molar-refractivity contribution is 7.17. The molecular weight excluding hydrogens is 367 g/mol. The van der Waals surface area contributed by atoms with Gasteiger partial charge in [-0.15, -0.1) is 11.3 Å². The van der Waals surface area contributed by atoms with E-state index >= 15 is 0 Å². The van der Waals surface area contributed by atoms with Crippen molar-refractivity contribution in [3.8, 4) is 0 Å². The second-order valence-electron chi connectivity index (χ2n) is 6.38. The van der Waals surface area contributed by atoms with Crippen molar-refractivity contribution in [1.29, 1.82) is 0 Å². The van der Waals surface area contributed by atoms with Gasteiger partial charge in [-0.2, -0.15) is 0 Å². The third kappa shape index (κ3) is 3.83. The predicted octanol–water partition coefficient (Wildman–Crippen LogP) is 3.53. The topological polar surface area (TPSA) is 60.7 Å². The second-order valence-corrected chi connectivity index (χ2v) is 7.44. The quantitative estimate of drug-likeness (QED) is 0.510. The van der Waals surface area contributed by atoms with Crippen LogP contribution in [0.15, 0.2) is 41.2 Å². The van der Waals surface area contributed by atoms with Gasteiger partial charge in [0.05, 0.1) is 5.69 Å². The molecule has 27 heavy (non-hydrogen) atoms. The zero-order chi connectivity index (χ0) is 18.8. The van der Waals surface area contributed by atoms with E-state index in [9.17, 15) is 14.0 Å². The monoisotopic (exact) mass is 384 g/mol. The van der Waals surface area contributed by atoms with E-state index in [1.165, 1.54) is 40.5 Å². The Hall–Kier alpha value is -2.80. The molecule has 0 aliphatic heterocycles. The zero-order valence-corrected chi connectivity index (χ0v) is 15.3. The number of fused-ring (bicyclic) bond motifs is 3. The van der Waals surface area contributed by atoms with Crippen LogP contribution in [-0.4, -0.2) is 15.4 Å². The van der Waals surface area contributed by atoms with E-state index in [4.69, 9.17) is 4.74 Å². The van der Waals surface area contributed by atoms with E-state index in [0.717, 1.165) is 31.4 Å². The van der Waals surface area contributed by atoms with Gasteiger partial charge in [0.1, 0.15) is 12.4 Å². The maximum atomic E-state index is 12.9. The molecule has 0 fully saturated rings. The molecule has 2 heterocycles. The summed E-state index contributed by atoms with van der Waals surface area (Å²) in [7, 11) is 0. The molecule has 0 amide bonds. The third-order valence-electron chi connectivity index (χ3n) is 4.46. The lowest BCUT2D eigenvalue weighted by atomic mass is 10.0.